The van der Waals surface area contributed by atoms with Crippen molar-refractivity contribution in [3.8, 4) is 11.5 Å². The third kappa shape index (κ3) is 8.47. The minimum Gasteiger partial charge on any atom is -0.395 e. The largest absolute Gasteiger partial charge is 0.584 e. The number of hydrogen-bond donors (Lipinski definition) is 1. The van der Waals surface area contributed by atoms with Crippen LogP contribution >= 0.6 is 7.82 Å². The molecule has 4 nitrogen and oxygen atoms in total. The highest BCUT2D eigenvalue weighted by Crippen LogP contribution is 2.47. The second-order valence-corrected chi connectivity index (χ2v) is 7.06. The number of phosphoric ester groups is 1. The van der Waals surface area contributed by atoms with Gasteiger partial charge in [0.25, 0.3) is 0 Å². The summed E-state index contributed by atoms with van der Waals surface area (Å²) in [5.74, 6) is 0.768. The van der Waals surface area contributed by atoms with Crippen molar-refractivity contribution < 1.29 is 18.5 Å². The first-order valence-electron chi connectivity index (χ1n) is 9.13. The number of benzene rings is 2. The molecular weight excluding hydrogens is 359 g/mol. The van der Waals surface area contributed by atoms with E-state index >= 15 is 0 Å². The van der Waals surface area contributed by atoms with Crippen molar-refractivity contribution in [2.24, 2.45) is 0 Å². The van der Waals surface area contributed by atoms with Gasteiger partial charge in [-0.1, -0.05) is 62.4 Å². The summed E-state index contributed by atoms with van der Waals surface area (Å²) in [5, 5.41) is 0. The number of allylic oxidation sites excluding steroid dienone is 2. The van der Waals surface area contributed by atoms with Gasteiger partial charge >= 0.3 is 7.82 Å². The molecule has 0 saturated carbocycles. The molecule has 0 heterocycles. The molecule has 0 aliphatic rings. The van der Waals surface area contributed by atoms with Gasteiger partial charge in [-0.3, -0.25) is 4.89 Å². The predicted octanol–water partition coefficient (Wildman–Crippen LogP) is 7.09. The van der Waals surface area contributed by atoms with Crippen molar-refractivity contribution in [3.63, 3.8) is 0 Å². The van der Waals surface area contributed by atoms with Gasteiger partial charge < -0.3 is 9.05 Å². The number of aryl methyl sites for hydroxylation is 4. The monoisotopic (exact) mass is 392 g/mol. The maximum absolute atomic E-state index is 12.3. The Morgan fingerprint density at radius 1 is 0.741 bits per heavy atom. The van der Waals surface area contributed by atoms with Crippen molar-refractivity contribution in [1.82, 2.24) is 0 Å². The Kier molecular flexibility index (Phi) is 11.4. The van der Waals surface area contributed by atoms with Crippen LogP contribution in [-0.2, 0) is 4.57 Å². The first-order valence-corrected chi connectivity index (χ1v) is 10.6. The Balaban J connectivity index is 0.000000998. The molecular formula is C22H33O4P. The van der Waals surface area contributed by atoms with E-state index in [0.717, 1.165) is 22.3 Å². The standard InChI is InChI=1S/C16H19O4P.C4H8.C2H6/c1-11-7-5-8-12(2)15(11)19-21(17,18)20-16-13(3)9-6-10-14(16)4;1-3-4-2;1-2/h5-10H,1-4H3,(H,17,18);3-4H,1-2H3;1-2H3/b;4-3-;. The maximum atomic E-state index is 12.3. The zero-order valence-corrected chi connectivity index (χ0v) is 18.6. The minimum absolute atomic E-state index is 0.384. The molecule has 0 atom stereocenters. The molecule has 0 bridgehead atoms. The molecule has 0 spiro atoms. The van der Waals surface area contributed by atoms with E-state index in [0.29, 0.717) is 11.5 Å². The van der Waals surface area contributed by atoms with Crippen LogP contribution in [0.1, 0.15) is 49.9 Å². The lowest BCUT2D eigenvalue weighted by Gasteiger charge is -2.18. The summed E-state index contributed by atoms with van der Waals surface area (Å²) in [6.45, 7) is 15.3. The Bertz CT molecular complexity index is 680. The van der Waals surface area contributed by atoms with Gasteiger partial charge in [0.2, 0.25) is 0 Å². The first-order chi connectivity index (χ1) is 12.7. The minimum atomic E-state index is -4.24. The highest BCUT2D eigenvalue weighted by atomic mass is 31.2. The molecule has 5 heteroatoms. The summed E-state index contributed by atoms with van der Waals surface area (Å²) in [7, 11) is -4.24. The topological polar surface area (TPSA) is 55.8 Å². The number of para-hydroxylation sites is 2. The fourth-order valence-corrected chi connectivity index (χ4v) is 3.21. The van der Waals surface area contributed by atoms with Gasteiger partial charge in [0.1, 0.15) is 11.5 Å². The van der Waals surface area contributed by atoms with Crippen LogP contribution in [0.2, 0.25) is 0 Å². The Hall–Kier alpha value is -2.03. The average molecular weight is 392 g/mol. The van der Waals surface area contributed by atoms with E-state index < -0.39 is 7.82 Å². The van der Waals surface area contributed by atoms with E-state index in [-0.39, 0.29) is 0 Å². The SMILES string of the molecule is C/C=C\C.CC.Cc1cccc(C)c1OP(=O)(O)Oc1c(C)cccc1C. The summed E-state index contributed by atoms with van der Waals surface area (Å²) in [6, 6.07) is 11.0. The summed E-state index contributed by atoms with van der Waals surface area (Å²) in [6.07, 6.45) is 4.00. The Morgan fingerprint density at radius 3 is 1.22 bits per heavy atom. The van der Waals surface area contributed by atoms with Crippen LogP contribution in [0, 0.1) is 27.7 Å². The molecule has 1 N–H and O–H groups in total. The molecule has 0 aliphatic heterocycles. The zero-order valence-electron chi connectivity index (χ0n) is 17.7. The van der Waals surface area contributed by atoms with Crippen molar-refractivity contribution in [3.05, 3.63) is 70.8 Å². The fraction of sp³-hybridized carbons (Fsp3) is 0.364. The Morgan fingerprint density at radius 2 is 1.00 bits per heavy atom. The Labute approximate surface area is 164 Å². The zero-order chi connectivity index (χ0) is 21.0. The summed E-state index contributed by atoms with van der Waals surface area (Å²) in [5.41, 5.74) is 3.15. The molecule has 2 rings (SSSR count). The lowest BCUT2D eigenvalue weighted by atomic mass is 10.1. The third-order valence-corrected chi connectivity index (χ3v) is 4.39. The van der Waals surface area contributed by atoms with E-state index in [9.17, 15) is 9.46 Å². The van der Waals surface area contributed by atoms with Gasteiger partial charge in [-0.25, -0.2) is 4.57 Å². The molecule has 2 aromatic carbocycles. The molecule has 27 heavy (non-hydrogen) atoms. The lowest BCUT2D eigenvalue weighted by molar-refractivity contribution is 0.288. The summed E-state index contributed by atoms with van der Waals surface area (Å²) in [4.78, 5) is 10.0. The maximum Gasteiger partial charge on any atom is 0.584 e. The highest BCUT2D eigenvalue weighted by molar-refractivity contribution is 7.48. The van der Waals surface area contributed by atoms with Gasteiger partial charge in [-0.05, 0) is 63.8 Å². The van der Waals surface area contributed by atoms with E-state index in [4.69, 9.17) is 9.05 Å². The van der Waals surface area contributed by atoms with Crippen LogP contribution < -0.4 is 9.05 Å². The smallest absolute Gasteiger partial charge is 0.395 e. The van der Waals surface area contributed by atoms with Crippen LogP contribution in [0.3, 0.4) is 0 Å². The molecule has 0 aromatic heterocycles. The second kappa shape index (κ2) is 12.4. The first kappa shape index (κ1) is 25.0. The molecule has 0 amide bonds. The van der Waals surface area contributed by atoms with E-state index in [2.05, 4.69) is 0 Å². The molecule has 0 unspecified atom stereocenters. The van der Waals surface area contributed by atoms with Crippen LogP contribution in [0.25, 0.3) is 0 Å². The van der Waals surface area contributed by atoms with Crippen molar-refractivity contribution in [2.75, 3.05) is 0 Å². The molecule has 150 valence electrons. The number of hydrogen-bond acceptors (Lipinski definition) is 3. The molecule has 0 saturated heterocycles. The van der Waals surface area contributed by atoms with E-state index in [1.54, 1.807) is 0 Å². The molecule has 0 fully saturated rings. The van der Waals surface area contributed by atoms with Gasteiger partial charge in [0.15, 0.2) is 0 Å². The number of rotatable bonds is 4. The van der Waals surface area contributed by atoms with Gasteiger partial charge in [0, 0.05) is 0 Å². The van der Waals surface area contributed by atoms with Crippen molar-refractivity contribution in [2.45, 2.75) is 55.4 Å². The highest BCUT2D eigenvalue weighted by Gasteiger charge is 2.28. The summed E-state index contributed by atoms with van der Waals surface area (Å²) < 4.78 is 22.8. The number of phosphoric acid groups is 1. The van der Waals surface area contributed by atoms with E-state index in [1.807, 2.05) is 104 Å². The third-order valence-electron chi connectivity index (χ3n) is 3.56. The van der Waals surface area contributed by atoms with Crippen LogP contribution in [0.4, 0.5) is 0 Å². The quantitative estimate of drug-likeness (QED) is 0.446. The average Bonchev–Trinajstić information content (AvgIpc) is 2.63. The predicted molar refractivity (Wildman–Crippen MR) is 115 cm³/mol. The van der Waals surface area contributed by atoms with Crippen LogP contribution in [-0.4, -0.2) is 4.89 Å². The van der Waals surface area contributed by atoms with E-state index in [1.165, 1.54) is 0 Å². The van der Waals surface area contributed by atoms with Gasteiger partial charge in [-0.2, -0.15) is 0 Å². The molecule has 0 radical (unpaired) electrons. The second-order valence-electron chi connectivity index (χ2n) is 5.76. The van der Waals surface area contributed by atoms with Crippen LogP contribution in [0.5, 0.6) is 11.5 Å². The van der Waals surface area contributed by atoms with Crippen molar-refractivity contribution in [1.29, 1.82) is 0 Å². The van der Waals surface area contributed by atoms with Crippen molar-refractivity contribution >= 4 is 7.82 Å². The fourth-order valence-electron chi connectivity index (χ4n) is 2.14. The molecule has 2 aromatic rings. The normalized spacial score (nSPS) is 10.4. The van der Waals surface area contributed by atoms with Gasteiger partial charge in [-0.15, -0.1) is 0 Å². The van der Waals surface area contributed by atoms with Crippen LogP contribution in [0.15, 0.2) is 48.6 Å². The molecule has 0 aliphatic carbocycles. The van der Waals surface area contributed by atoms with Gasteiger partial charge in [0.05, 0.1) is 0 Å². The lowest BCUT2D eigenvalue weighted by Crippen LogP contribution is -2.04. The summed E-state index contributed by atoms with van der Waals surface area (Å²) >= 11 is 0.